The molecule has 0 aliphatic rings. The maximum atomic E-state index is 5.36. The first-order valence-corrected chi connectivity index (χ1v) is 3.59. The Bertz CT molecular complexity index is 220. The molecule has 0 amide bonds. The van der Waals surface area contributed by atoms with Gasteiger partial charge in [0.2, 0.25) is 0 Å². The molecule has 0 radical (unpaired) electrons. The number of aryl methyl sites for hydroxylation is 1. The predicted molar refractivity (Wildman–Crippen MR) is 42.0 cm³/mol. The molecule has 0 aliphatic heterocycles. The maximum Gasteiger partial charge on any atom is 0.123 e. The molecule has 11 heavy (non-hydrogen) atoms. The van der Waals surface area contributed by atoms with Gasteiger partial charge in [-0.05, 0) is 26.0 Å². The molecular weight excluding hydrogens is 142 g/mol. The summed E-state index contributed by atoms with van der Waals surface area (Å²) in [7, 11) is 1.59. The maximum absolute atomic E-state index is 5.36. The van der Waals surface area contributed by atoms with Gasteiger partial charge in [-0.25, -0.2) is 0 Å². The monoisotopic (exact) mass is 155 g/mol. The summed E-state index contributed by atoms with van der Waals surface area (Å²) in [5.74, 6) is 1.81. The Morgan fingerprint density at radius 2 is 2.27 bits per heavy atom. The van der Waals surface area contributed by atoms with Gasteiger partial charge in [-0.2, -0.15) is 5.48 Å². The second kappa shape index (κ2) is 3.55. The second-order valence-electron chi connectivity index (χ2n) is 2.49. The van der Waals surface area contributed by atoms with E-state index in [1.165, 1.54) is 0 Å². The van der Waals surface area contributed by atoms with Crippen LogP contribution in [0.3, 0.4) is 0 Å². The van der Waals surface area contributed by atoms with Crippen LogP contribution in [0.1, 0.15) is 24.5 Å². The van der Waals surface area contributed by atoms with E-state index in [-0.39, 0.29) is 6.04 Å². The Balaban J connectivity index is 2.60. The van der Waals surface area contributed by atoms with Gasteiger partial charge in [-0.15, -0.1) is 0 Å². The number of hydrogen-bond acceptors (Lipinski definition) is 3. The summed E-state index contributed by atoms with van der Waals surface area (Å²) in [5, 5.41) is 0. The third kappa shape index (κ3) is 2.06. The molecule has 1 N–H and O–H groups in total. The summed E-state index contributed by atoms with van der Waals surface area (Å²) >= 11 is 0. The van der Waals surface area contributed by atoms with E-state index in [1.54, 1.807) is 7.11 Å². The number of hydrogen-bond donors (Lipinski definition) is 1. The first-order valence-electron chi connectivity index (χ1n) is 3.59. The average molecular weight is 155 g/mol. The van der Waals surface area contributed by atoms with E-state index in [0.29, 0.717) is 0 Å². The summed E-state index contributed by atoms with van der Waals surface area (Å²) in [4.78, 5) is 4.76. The van der Waals surface area contributed by atoms with Gasteiger partial charge in [-0.3, -0.25) is 0 Å². The Kier molecular flexibility index (Phi) is 2.68. The quantitative estimate of drug-likeness (QED) is 0.676. The van der Waals surface area contributed by atoms with Gasteiger partial charge in [-0.1, -0.05) is 0 Å². The summed E-state index contributed by atoms with van der Waals surface area (Å²) in [6.07, 6.45) is 0. The van der Waals surface area contributed by atoms with Crippen molar-refractivity contribution in [2.45, 2.75) is 19.9 Å². The summed E-state index contributed by atoms with van der Waals surface area (Å²) in [5.41, 5.74) is 2.78. The Morgan fingerprint density at radius 1 is 1.55 bits per heavy atom. The molecule has 0 spiro atoms. The summed E-state index contributed by atoms with van der Waals surface area (Å²) < 4.78 is 5.36. The minimum absolute atomic E-state index is 0.105. The number of hydroxylamine groups is 1. The largest absolute Gasteiger partial charge is 0.465 e. The summed E-state index contributed by atoms with van der Waals surface area (Å²) in [6, 6.07) is 3.98. The molecule has 3 nitrogen and oxygen atoms in total. The van der Waals surface area contributed by atoms with E-state index in [2.05, 4.69) is 5.48 Å². The number of furan rings is 1. The first-order chi connectivity index (χ1) is 5.24. The van der Waals surface area contributed by atoms with Crippen LogP contribution < -0.4 is 5.48 Å². The number of nitrogens with one attached hydrogen (secondary N) is 1. The van der Waals surface area contributed by atoms with Crippen molar-refractivity contribution in [3.63, 3.8) is 0 Å². The van der Waals surface area contributed by atoms with Crippen LogP contribution in [-0.4, -0.2) is 7.11 Å². The standard InChI is InChI=1S/C8H13NO2/c1-6-4-5-8(11-6)7(2)9-10-3/h4-5,7,9H,1-3H3. The third-order valence-electron chi connectivity index (χ3n) is 1.48. The van der Waals surface area contributed by atoms with Gasteiger partial charge in [0.05, 0.1) is 13.2 Å². The molecule has 0 aliphatic carbocycles. The minimum atomic E-state index is 0.105. The van der Waals surface area contributed by atoms with Crippen LogP contribution in [0.5, 0.6) is 0 Å². The molecule has 3 heteroatoms. The minimum Gasteiger partial charge on any atom is -0.465 e. The lowest BCUT2D eigenvalue weighted by Gasteiger charge is -2.07. The summed E-state index contributed by atoms with van der Waals surface area (Å²) in [6.45, 7) is 3.89. The Morgan fingerprint density at radius 3 is 2.73 bits per heavy atom. The third-order valence-corrected chi connectivity index (χ3v) is 1.48. The van der Waals surface area contributed by atoms with Crippen molar-refractivity contribution in [2.75, 3.05) is 7.11 Å². The lowest BCUT2D eigenvalue weighted by atomic mass is 10.3. The fourth-order valence-corrected chi connectivity index (χ4v) is 0.921. The molecule has 0 aromatic carbocycles. The van der Waals surface area contributed by atoms with Gasteiger partial charge >= 0.3 is 0 Å². The van der Waals surface area contributed by atoms with Crippen LogP contribution in [0.15, 0.2) is 16.5 Å². The molecule has 0 fully saturated rings. The molecular formula is C8H13NO2. The molecule has 1 heterocycles. The molecule has 1 aromatic rings. The predicted octanol–water partition coefficient (Wildman–Crippen LogP) is 1.80. The average Bonchev–Trinajstić information content (AvgIpc) is 2.36. The highest BCUT2D eigenvalue weighted by Gasteiger charge is 2.07. The molecule has 0 saturated carbocycles. The molecule has 62 valence electrons. The molecule has 1 rings (SSSR count). The van der Waals surface area contributed by atoms with E-state index < -0.39 is 0 Å². The van der Waals surface area contributed by atoms with Crippen molar-refractivity contribution in [2.24, 2.45) is 0 Å². The smallest absolute Gasteiger partial charge is 0.123 e. The Hall–Kier alpha value is -0.800. The van der Waals surface area contributed by atoms with Crippen LogP contribution in [0.25, 0.3) is 0 Å². The van der Waals surface area contributed by atoms with Gasteiger partial charge in [0.25, 0.3) is 0 Å². The van der Waals surface area contributed by atoms with Crippen LogP contribution in [0.2, 0.25) is 0 Å². The molecule has 0 saturated heterocycles. The molecule has 0 bridgehead atoms. The normalized spacial score (nSPS) is 13.4. The van der Waals surface area contributed by atoms with Crippen molar-refractivity contribution >= 4 is 0 Å². The van der Waals surface area contributed by atoms with E-state index in [9.17, 15) is 0 Å². The van der Waals surface area contributed by atoms with Crippen molar-refractivity contribution in [3.8, 4) is 0 Å². The fourth-order valence-electron chi connectivity index (χ4n) is 0.921. The highest BCUT2D eigenvalue weighted by Crippen LogP contribution is 2.14. The zero-order valence-electron chi connectivity index (χ0n) is 7.05. The zero-order chi connectivity index (χ0) is 8.27. The second-order valence-corrected chi connectivity index (χ2v) is 2.49. The fraction of sp³-hybridized carbons (Fsp3) is 0.500. The van der Waals surface area contributed by atoms with Gasteiger partial charge in [0.15, 0.2) is 0 Å². The van der Waals surface area contributed by atoms with Crippen LogP contribution in [-0.2, 0) is 4.84 Å². The lowest BCUT2D eigenvalue weighted by molar-refractivity contribution is 0.0593. The first kappa shape index (κ1) is 8.30. The van der Waals surface area contributed by atoms with E-state index in [0.717, 1.165) is 11.5 Å². The van der Waals surface area contributed by atoms with E-state index in [1.807, 2.05) is 26.0 Å². The van der Waals surface area contributed by atoms with Crippen LogP contribution >= 0.6 is 0 Å². The topological polar surface area (TPSA) is 34.4 Å². The van der Waals surface area contributed by atoms with Crippen molar-refractivity contribution in [1.82, 2.24) is 5.48 Å². The van der Waals surface area contributed by atoms with E-state index in [4.69, 9.17) is 9.25 Å². The van der Waals surface area contributed by atoms with Crippen molar-refractivity contribution in [3.05, 3.63) is 23.7 Å². The highest BCUT2D eigenvalue weighted by atomic mass is 16.6. The van der Waals surface area contributed by atoms with Crippen LogP contribution in [0.4, 0.5) is 0 Å². The highest BCUT2D eigenvalue weighted by molar-refractivity contribution is 5.08. The van der Waals surface area contributed by atoms with Gasteiger partial charge in [0, 0.05) is 0 Å². The lowest BCUT2D eigenvalue weighted by Crippen LogP contribution is -2.15. The number of rotatable bonds is 3. The van der Waals surface area contributed by atoms with Gasteiger partial charge < -0.3 is 9.25 Å². The Labute approximate surface area is 66.3 Å². The van der Waals surface area contributed by atoms with E-state index >= 15 is 0 Å². The SMILES string of the molecule is CONC(C)c1ccc(C)o1. The van der Waals surface area contributed by atoms with Crippen molar-refractivity contribution < 1.29 is 9.25 Å². The van der Waals surface area contributed by atoms with Crippen molar-refractivity contribution in [1.29, 1.82) is 0 Å². The van der Waals surface area contributed by atoms with Crippen LogP contribution in [0, 0.1) is 6.92 Å². The molecule has 1 aromatic heterocycles. The molecule has 1 unspecified atom stereocenters. The molecule has 1 atom stereocenters. The van der Waals surface area contributed by atoms with Gasteiger partial charge in [0.1, 0.15) is 11.5 Å². The zero-order valence-corrected chi connectivity index (χ0v) is 7.05.